The predicted octanol–water partition coefficient (Wildman–Crippen LogP) is 2.02. The van der Waals surface area contributed by atoms with Crippen molar-refractivity contribution < 1.29 is 0 Å². The van der Waals surface area contributed by atoms with Crippen molar-refractivity contribution in [1.82, 2.24) is 14.7 Å². The summed E-state index contributed by atoms with van der Waals surface area (Å²) in [5.74, 6) is 0.847. The average molecular weight is 250 g/mol. The number of hydrogen-bond donors (Lipinski definition) is 1. The fraction of sp³-hybridized carbons (Fsp3) is 0.786. The fourth-order valence-corrected chi connectivity index (χ4v) is 2.65. The molecule has 1 fully saturated rings. The molecule has 0 aliphatic carbocycles. The van der Waals surface area contributed by atoms with Gasteiger partial charge in [0.2, 0.25) is 0 Å². The van der Waals surface area contributed by atoms with Gasteiger partial charge in [-0.15, -0.1) is 0 Å². The van der Waals surface area contributed by atoms with E-state index in [2.05, 4.69) is 36.1 Å². The van der Waals surface area contributed by atoms with Crippen LogP contribution in [0.5, 0.6) is 0 Å². The summed E-state index contributed by atoms with van der Waals surface area (Å²) in [4.78, 5) is 2.51. The Morgan fingerprint density at radius 3 is 2.67 bits per heavy atom. The maximum Gasteiger partial charge on any atom is 0.0764 e. The average Bonchev–Trinajstić information content (AvgIpc) is 2.81. The van der Waals surface area contributed by atoms with E-state index in [4.69, 9.17) is 5.73 Å². The van der Waals surface area contributed by atoms with Gasteiger partial charge in [0.1, 0.15) is 0 Å². The first-order chi connectivity index (χ1) is 8.69. The SMILES string of the molecule is CC(C)n1ccc(CN2CCC(CCN)CC2)n1. The van der Waals surface area contributed by atoms with Gasteiger partial charge in [-0.1, -0.05) is 0 Å². The van der Waals surface area contributed by atoms with Crippen molar-refractivity contribution in [2.75, 3.05) is 19.6 Å². The van der Waals surface area contributed by atoms with Crippen molar-refractivity contribution in [3.05, 3.63) is 18.0 Å². The summed E-state index contributed by atoms with van der Waals surface area (Å²) in [6.07, 6.45) is 5.86. The highest BCUT2D eigenvalue weighted by Gasteiger charge is 2.19. The Bertz CT molecular complexity index is 350. The number of aromatic nitrogens is 2. The van der Waals surface area contributed by atoms with Crippen molar-refractivity contribution in [2.45, 2.75) is 45.7 Å². The minimum absolute atomic E-state index is 0.453. The normalized spacial score (nSPS) is 18.7. The monoisotopic (exact) mass is 250 g/mol. The highest BCUT2D eigenvalue weighted by Crippen LogP contribution is 2.21. The smallest absolute Gasteiger partial charge is 0.0764 e. The minimum Gasteiger partial charge on any atom is -0.330 e. The summed E-state index contributed by atoms with van der Waals surface area (Å²) >= 11 is 0. The van der Waals surface area contributed by atoms with Crippen LogP contribution in [0.4, 0.5) is 0 Å². The molecular weight excluding hydrogens is 224 g/mol. The Hall–Kier alpha value is -0.870. The zero-order chi connectivity index (χ0) is 13.0. The van der Waals surface area contributed by atoms with Crippen LogP contribution in [0.25, 0.3) is 0 Å². The molecule has 4 heteroatoms. The fourth-order valence-electron chi connectivity index (χ4n) is 2.65. The van der Waals surface area contributed by atoms with E-state index in [1.165, 1.54) is 38.0 Å². The van der Waals surface area contributed by atoms with Crippen LogP contribution in [0.15, 0.2) is 12.3 Å². The zero-order valence-electron chi connectivity index (χ0n) is 11.7. The quantitative estimate of drug-likeness (QED) is 0.869. The lowest BCUT2D eigenvalue weighted by molar-refractivity contribution is 0.171. The molecule has 0 spiro atoms. The third kappa shape index (κ3) is 3.56. The van der Waals surface area contributed by atoms with Gasteiger partial charge in [-0.05, 0) is 64.7 Å². The Kier molecular flexibility index (Phi) is 4.78. The zero-order valence-corrected chi connectivity index (χ0v) is 11.7. The molecule has 1 aromatic heterocycles. The van der Waals surface area contributed by atoms with Gasteiger partial charge < -0.3 is 5.73 Å². The molecule has 2 rings (SSSR count). The van der Waals surface area contributed by atoms with Gasteiger partial charge in [-0.25, -0.2) is 0 Å². The molecule has 102 valence electrons. The van der Waals surface area contributed by atoms with Crippen LogP contribution in [0, 0.1) is 5.92 Å². The molecule has 2 heterocycles. The topological polar surface area (TPSA) is 47.1 Å². The second kappa shape index (κ2) is 6.34. The van der Waals surface area contributed by atoms with E-state index < -0.39 is 0 Å². The standard InChI is InChI=1S/C14H26N4/c1-12(2)18-10-6-14(16-18)11-17-8-4-13(3-7-15)5-9-17/h6,10,12-13H,3-5,7-9,11,15H2,1-2H3. The second-order valence-electron chi connectivity index (χ2n) is 5.68. The number of nitrogens with two attached hydrogens (primary N) is 1. The van der Waals surface area contributed by atoms with Crippen LogP contribution >= 0.6 is 0 Å². The van der Waals surface area contributed by atoms with Crippen LogP contribution in [-0.2, 0) is 6.54 Å². The summed E-state index contributed by atoms with van der Waals surface area (Å²) in [5, 5.41) is 4.61. The lowest BCUT2D eigenvalue weighted by Gasteiger charge is -2.31. The number of rotatable bonds is 5. The lowest BCUT2D eigenvalue weighted by atomic mass is 9.93. The van der Waals surface area contributed by atoms with Gasteiger partial charge in [0.25, 0.3) is 0 Å². The third-order valence-corrected chi connectivity index (χ3v) is 3.86. The van der Waals surface area contributed by atoms with Crippen molar-refractivity contribution in [1.29, 1.82) is 0 Å². The van der Waals surface area contributed by atoms with E-state index in [0.717, 1.165) is 19.0 Å². The molecule has 1 aliphatic rings. The molecule has 1 aromatic rings. The van der Waals surface area contributed by atoms with Crippen molar-refractivity contribution in [3.63, 3.8) is 0 Å². The Morgan fingerprint density at radius 1 is 1.39 bits per heavy atom. The minimum atomic E-state index is 0.453. The lowest BCUT2D eigenvalue weighted by Crippen LogP contribution is -2.34. The number of hydrogen-bond acceptors (Lipinski definition) is 3. The van der Waals surface area contributed by atoms with Gasteiger partial charge in [0.05, 0.1) is 5.69 Å². The summed E-state index contributed by atoms with van der Waals surface area (Å²) in [6, 6.07) is 2.60. The molecule has 0 atom stereocenters. The number of nitrogens with zero attached hydrogens (tertiary/aromatic N) is 3. The Morgan fingerprint density at radius 2 is 2.11 bits per heavy atom. The summed E-state index contributed by atoms with van der Waals surface area (Å²) in [6.45, 7) is 8.54. The van der Waals surface area contributed by atoms with Crippen LogP contribution in [-0.4, -0.2) is 34.3 Å². The van der Waals surface area contributed by atoms with Crippen molar-refractivity contribution >= 4 is 0 Å². The largest absolute Gasteiger partial charge is 0.330 e. The van der Waals surface area contributed by atoms with E-state index in [-0.39, 0.29) is 0 Å². The molecule has 0 saturated carbocycles. The maximum absolute atomic E-state index is 5.62. The van der Waals surface area contributed by atoms with Crippen LogP contribution in [0.1, 0.15) is 44.8 Å². The molecule has 0 amide bonds. The Labute approximate surface area is 110 Å². The number of piperidine rings is 1. The summed E-state index contributed by atoms with van der Waals surface area (Å²) in [5.41, 5.74) is 6.82. The second-order valence-corrected chi connectivity index (χ2v) is 5.68. The highest BCUT2D eigenvalue weighted by atomic mass is 15.3. The highest BCUT2D eigenvalue weighted by molar-refractivity contribution is 4.99. The molecule has 18 heavy (non-hydrogen) atoms. The Balaban J connectivity index is 1.80. The van der Waals surface area contributed by atoms with Crippen LogP contribution in [0.3, 0.4) is 0 Å². The summed E-state index contributed by atoms with van der Waals surface area (Å²) in [7, 11) is 0. The molecule has 0 aromatic carbocycles. The van der Waals surface area contributed by atoms with E-state index >= 15 is 0 Å². The third-order valence-electron chi connectivity index (χ3n) is 3.86. The van der Waals surface area contributed by atoms with Gasteiger partial charge >= 0.3 is 0 Å². The first kappa shape index (κ1) is 13.6. The number of likely N-dealkylation sites (tertiary alicyclic amines) is 1. The first-order valence-corrected chi connectivity index (χ1v) is 7.15. The molecule has 0 bridgehead atoms. The van der Waals surface area contributed by atoms with E-state index in [9.17, 15) is 0 Å². The molecule has 1 saturated heterocycles. The van der Waals surface area contributed by atoms with Crippen molar-refractivity contribution in [3.8, 4) is 0 Å². The maximum atomic E-state index is 5.62. The molecule has 2 N–H and O–H groups in total. The first-order valence-electron chi connectivity index (χ1n) is 7.15. The predicted molar refractivity (Wildman–Crippen MR) is 74.3 cm³/mol. The molecule has 0 unspecified atom stereocenters. The van der Waals surface area contributed by atoms with Crippen molar-refractivity contribution in [2.24, 2.45) is 11.7 Å². The molecule has 1 aliphatic heterocycles. The van der Waals surface area contributed by atoms with Gasteiger partial charge in [-0.2, -0.15) is 5.10 Å². The van der Waals surface area contributed by atoms with Gasteiger partial charge in [0.15, 0.2) is 0 Å². The van der Waals surface area contributed by atoms with Crippen LogP contribution < -0.4 is 5.73 Å². The van der Waals surface area contributed by atoms with E-state index in [1.807, 2.05) is 4.68 Å². The molecular formula is C14H26N4. The van der Waals surface area contributed by atoms with E-state index in [1.54, 1.807) is 0 Å². The molecule has 4 nitrogen and oxygen atoms in total. The van der Waals surface area contributed by atoms with Crippen LogP contribution in [0.2, 0.25) is 0 Å². The van der Waals surface area contributed by atoms with Gasteiger partial charge in [-0.3, -0.25) is 9.58 Å². The van der Waals surface area contributed by atoms with E-state index in [0.29, 0.717) is 6.04 Å². The molecule has 0 radical (unpaired) electrons. The summed E-state index contributed by atoms with van der Waals surface area (Å²) < 4.78 is 2.04. The van der Waals surface area contributed by atoms with Gasteiger partial charge in [0, 0.05) is 18.8 Å².